The van der Waals surface area contributed by atoms with E-state index in [4.69, 9.17) is 5.11 Å². The maximum Gasteiger partial charge on any atom is 0.358 e. The first-order chi connectivity index (χ1) is 8.20. The minimum Gasteiger partial charge on any atom is -0.476 e. The standard InChI is InChI=1S/C12H13NO3S/c1-16-13-11(12(14)15)8-2-4-9(5-3-8)17-10-6-7-10/h2-5,10H,6-7H2,1H3,(H,14,15)/b13-11-. The van der Waals surface area contributed by atoms with E-state index in [0.29, 0.717) is 5.56 Å². The van der Waals surface area contributed by atoms with E-state index in [-0.39, 0.29) is 5.71 Å². The van der Waals surface area contributed by atoms with Crippen molar-refractivity contribution in [3.05, 3.63) is 29.8 Å². The molecule has 0 radical (unpaired) electrons. The zero-order valence-electron chi connectivity index (χ0n) is 9.42. The van der Waals surface area contributed by atoms with Crippen molar-refractivity contribution >= 4 is 23.4 Å². The summed E-state index contributed by atoms with van der Waals surface area (Å²) in [4.78, 5) is 16.6. The summed E-state index contributed by atoms with van der Waals surface area (Å²) in [5, 5.41) is 13.2. The number of thioether (sulfide) groups is 1. The van der Waals surface area contributed by atoms with Crippen LogP contribution in [0.4, 0.5) is 0 Å². The molecular weight excluding hydrogens is 238 g/mol. The van der Waals surface area contributed by atoms with E-state index < -0.39 is 5.97 Å². The lowest BCUT2D eigenvalue weighted by molar-refractivity contribution is -0.129. The first-order valence-electron chi connectivity index (χ1n) is 5.32. The molecule has 0 saturated heterocycles. The molecule has 0 amide bonds. The van der Waals surface area contributed by atoms with Crippen molar-refractivity contribution in [2.75, 3.05) is 7.11 Å². The summed E-state index contributed by atoms with van der Waals surface area (Å²) in [6.45, 7) is 0. The Bertz CT molecular complexity index is 438. The summed E-state index contributed by atoms with van der Waals surface area (Å²) in [6, 6.07) is 7.37. The minimum absolute atomic E-state index is 0.0736. The van der Waals surface area contributed by atoms with Gasteiger partial charge in [-0.05, 0) is 25.0 Å². The molecule has 90 valence electrons. The molecule has 1 fully saturated rings. The second-order valence-electron chi connectivity index (χ2n) is 3.77. The zero-order chi connectivity index (χ0) is 12.3. The first kappa shape index (κ1) is 12.0. The molecule has 0 spiro atoms. The van der Waals surface area contributed by atoms with Crippen LogP contribution in [0, 0.1) is 0 Å². The van der Waals surface area contributed by atoms with Crippen LogP contribution in [0.5, 0.6) is 0 Å². The molecule has 17 heavy (non-hydrogen) atoms. The van der Waals surface area contributed by atoms with Crippen molar-refractivity contribution in [1.82, 2.24) is 0 Å². The van der Waals surface area contributed by atoms with Crippen LogP contribution < -0.4 is 0 Å². The summed E-state index contributed by atoms with van der Waals surface area (Å²) in [6.07, 6.45) is 2.55. The van der Waals surface area contributed by atoms with Gasteiger partial charge in [0.2, 0.25) is 0 Å². The molecule has 1 aliphatic rings. The number of nitrogens with zero attached hydrogens (tertiary/aromatic N) is 1. The maximum atomic E-state index is 10.9. The molecule has 1 N–H and O–H groups in total. The highest BCUT2D eigenvalue weighted by atomic mass is 32.2. The highest BCUT2D eigenvalue weighted by Gasteiger charge is 2.22. The van der Waals surface area contributed by atoms with Gasteiger partial charge in [0.25, 0.3) is 0 Å². The van der Waals surface area contributed by atoms with Gasteiger partial charge in [0.05, 0.1) is 0 Å². The van der Waals surface area contributed by atoms with E-state index in [1.807, 2.05) is 23.9 Å². The van der Waals surface area contributed by atoms with Crippen molar-refractivity contribution in [1.29, 1.82) is 0 Å². The van der Waals surface area contributed by atoms with Crippen molar-refractivity contribution in [3.8, 4) is 0 Å². The molecule has 1 aromatic rings. The SMILES string of the molecule is CO/N=C(\C(=O)O)c1ccc(SC2CC2)cc1. The largest absolute Gasteiger partial charge is 0.476 e. The van der Waals surface area contributed by atoms with E-state index in [0.717, 1.165) is 5.25 Å². The zero-order valence-corrected chi connectivity index (χ0v) is 10.2. The molecule has 0 bridgehead atoms. The number of carbonyl (C=O) groups is 1. The maximum absolute atomic E-state index is 10.9. The number of hydrogen-bond acceptors (Lipinski definition) is 4. The van der Waals surface area contributed by atoms with Gasteiger partial charge in [-0.2, -0.15) is 0 Å². The van der Waals surface area contributed by atoms with E-state index in [1.54, 1.807) is 12.1 Å². The number of hydrogen-bond donors (Lipinski definition) is 1. The molecule has 0 unspecified atom stereocenters. The number of carboxylic acid groups (broad SMARTS) is 1. The van der Waals surface area contributed by atoms with E-state index in [1.165, 1.54) is 24.8 Å². The molecule has 1 aliphatic carbocycles. The van der Waals surface area contributed by atoms with Gasteiger partial charge in [0.15, 0.2) is 5.71 Å². The quantitative estimate of drug-likeness (QED) is 0.644. The summed E-state index contributed by atoms with van der Waals surface area (Å²) in [7, 11) is 1.33. The first-order valence-corrected chi connectivity index (χ1v) is 6.20. The van der Waals surface area contributed by atoms with Crippen molar-refractivity contribution in [3.63, 3.8) is 0 Å². The smallest absolute Gasteiger partial charge is 0.358 e. The van der Waals surface area contributed by atoms with Crippen LogP contribution in [-0.2, 0) is 9.63 Å². The lowest BCUT2D eigenvalue weighted by Gasteiger charge is -2.03. The fourth-order valence-electron chi connectivity index (χ4n) is 1.38. The Kier molecular flexibility index (Phi) is 3.68. The molecule has 0 aliphatic heterocycles. The van der Waals surface area contributed by atoms with Crippen LogP contribution in [0.15, 0.2) is 34.3 Å². The predicted molar refractivity (Wildman–Crippen MR) is 66.5 cm³/mol. The molecule has 0 atom stereocenters. The third-order valence-electron chi connectivity index (χ3n) is 2.34. The van der Waals surface area contributed by atoms with Crippen LogP contribution >= 0.6 is 11.8 Å². The van der Waals surface area contributed by atoms with Crippen LogP contribution in [0.25, 0.3) is 0 Å². The van der Waals surface area contributed by atoms with Gasteiger partial charge in [-0.15, -0.1) is 11.8 Å². The molecule has 2 rings (SSSR count). The van der Waals surface area contributed by atoms with Gasteiger partial charge < -0.3 is 9.94 Å². The second kappa shape index (κ2) is 5.23. The van der Waals surface area contributed by atoms with Crippen LogP contribution in [0.1, 0.15) is 18.4 Å². The summed E-state index contributed by atoms with van der Waals surface area (Å²) < 4.78 is 0. The van der Waals surface area contributed by atoms with Crippen molar-refractivity contribution in [2.45, 2.75) is 23.0 Å². The van der Waals surface area contributed by atoms with Gasteiger partial charge in [-0.1, -0.05) is 17.3 Å². The average Bonchev–Trinajstić information content (AvgIpc) is 3.11. The number of rotatable bonds is 5. The molecule has 1 saturated carbocycles. The van der Waals surface area contributed by atoms with E-state index >= 15 is 0 Å². The second-order valence-corrected chi connectivity index (χ2v) is 5.14. The van der Waals surface area contributed by atoms with Gasteiger partial charge in [0.1, 0.15) is 7.11 Å². The van der Waals surface area contributed by atoms with E-state index in [2.05, 4.69) is 9.99 Å². The number of benzene rings is 1. The highest BCUT2D eigenvalue weighted by molar-refractivity contribution is 8.00. The van der Waals surface area contributed by atoms with Gasteiger partial charge in [0, 0.05) is 15.7 Å². The molecule has 0 heterocycles. The Balaban J connectivity index is 2.14. The molecule has 5 heteroatoms. The lowest BCUT2D eigenvalue weighted by atomic mass is 10.1. The normalized spacial score (nSPS) is 15.7. The predicted octanol–water partition coefficient (Wildman–Crippen LogP) is 2.38. The van der Waals surface area contributed by atoms with E-state index in [9.17, 15) is 4.79 Å². The Morgan fingerprint density at radius 2 is 2.06 bits per heavy atom. The number of oxime groups is 1. The third kappa shape index (κ3) is 3.23. The molecule has 4 nitrogen and oxygen atoms in total. The monoisotopic (exact) mass is 251 g/mol. The molecule has 1 aromatic carbocycles. The third-order valence-corrected chi connectivity index (χ3v) is 3.69. The van der Waals surface area contributed by atoms with Gasteiger partial charge in [-0.3, -0.25) is 0 Å². The summed E-state index contributed by atoms with van der Waals surface area (Å²) in [5.74, 6) is -1.09. The van der Waals surface area contributed by atoms with Gasteiger partial charge in [-0.25, -0.2) is 4.79 Å². The Hall–Kier alpha value is -1.49. The van der Waals surface area contributed by atoms with Crippen LogP contribution in [0.3, 0.4) is 0 Å². The van der Waals surface area contributed by atoms with Crippen molar-refractivity contribution in [2.24, 2.45) is 5.16 Å². The Labute approximate surface area is 104 Å². The lowest BCUT2D eigenvalue weighted by Crippen LogP contribution is -2.14. The topological polar surface area (TPSA) is 58.9 Å². The molecular formula is C12H13NO3S. The number of aliphatic carboxylic acids is 1. The summed E-state index contributed by atoms with van der Waals surface area (Å²) in [5.41, 5.74) is 0.481. The van der Waals surface area contributed by atoms with Crippen LogP contribution in [-0.4, -0.2) is 29.1 Å². The Morgan fingerprint density at radius 3 is 2.53 bits per heavy atom. The minimum atomic E-state index is -1.09. The fraction of sp³-hybridized carbons (Fsp3) is 0.333. The Morgan fingerprint density at radius 1 is 1.41 bits per heavy atom. The number of carboxylic acids is 1. The molecule has 0 aromatic heterocycles. The van der Waals surface area contributed by atoms with Gasteiger partial charge >= 0.3 is 5.97 Å². The summed E-state index contributed by atoms with van der Waals surface area (Å²) >= 11 is 1.83. The average molecular weight is 251 g/mol. The fourth-order valence-corrected chi connectivity index (χ4v) is 2.43. The van der Waals surface area contributed by atoms with Crippen LogP contribution in [0.2, 0.25) is 0 Å². The van der Waals surface area contributed by atoms with Crippen molar-refractivity contribution < 1.29 is 14.7 Å². The highest BCUT2D eigenvalue weighted by Crippen LogP contribution is 2.38.